The minimum atomic E-state index is -3.91. The Labute approximate surface area is 157 Å². The summed E-state index contributed by atoms with van der Waals surface area (Å²) in [6.45, 7) is 4.27. The van der Waals surface area contributed by atoms with Crippen LogP contribution in [-0.4, -0.2) is 19.4 Å². The molecule has 0 aliphatic heterocycles. The van der Waals surface area contributed by atoms with E-state index in [9.17, 15) is 18.5 Å². The van der Waals surface area contributed by atoms with Crippen LogP contribution >= 0.6 is 0 Å². The smallest absolute Gasteiger partial charge is 0.263 e. The van der Waals surface area contributed by atoms with Gasteiger partial charge in [-0.05, 0) is 25.0 Å². The number of unbranched alkanes of at least 4 members (excludes halogenated alkanes) is 6. The minimum Gasteiger partial charge on any atom is -0.263 e. The van der Waals surface area contributed by atoms with Crippen LogP contribution in [0.4, 0.5) is 5.69 Å². The van der Waals surface area contributed by atoms with Crippen molar-refractivity contribution in [3.8, 4) is 0 Å². The highest BCUT2D eigenvalue weighted by Crippen LogP contribution is 2.23. The number of hydrogen-bond donors (Lipinski definition) is 0. The molecule has 0 amide bonds. The van der Waals surface area contributed by atoms with E-state index >= 15 is 0 Å². The molecule has 26 heavy (non-hydrogen) atoms. The Bertz CT molecular complexity index is 628. The van der Waals surface area contributed by atoms with Crippen molar-refractivity contribution >= 4 is 15.8 Å². The lowest BCUT2D eigenvalue weighted by Gasteiger charge is -2.17. The summed E-state index contributed by atoms with van der Waals surface area (Å²) in [7, 11) is -3.91. The molecule has 0 saturated carbocycles. The maximum atomic E-state index is 12.5. The molecule has 0 aromatic heterocycles. The van der Waals surface area contributed by atoms with Gasteiger partial charge in [0.25, 0.3) is 15.8 Å². The third-order valence-corrected chi connectivity index (χ3v) is 5.73. The zero-order valence-corrected chi connectivity index (χ0v) is 16.7. The van der Waals surface area contributed by atoms with Crippen LogP contribution in [0.25, 0.3) is 0 Å². The molecule has 1 unspecified atom stereocenters. The van der Waals surface area contributed by atoms with Gasteiger partial charge in [-0.25, -0.2) is 0 Å². The molecular formula is C19H31NO5S. The van der Waals surface area contributed by atoms with Gasteiger partial charge >= 0.3 is 0 Å². The fourth-order valence-corrected chi connectivity index (χ4v) is 3.94. The van der Waals surface area contributed by atoms with E-state index in [0.717, 1.165) is 44.9 Å². The van der Waals surface area contributed by atoms with E-state index < -0.39 is 15.0 Å². The molecule has 0 saturated heterocycles. The van der Waals surface area contributed by atoms with E-state index in [1.165, 1.54) is 37.1 Å². The zero-order valence-electron chi connectivity index (χ0n) is 15.9. The first-order valence-electron chi connectivity index (χ1n) is 9.58. The van der Waals surface area contributed by atoms with Crippen LogP contribution in [0.5, 0.6) is 0 Å². The predicted molar refractivity (Wildman–Crippen MR) is 103 cm³/mol. The quantitative estimate of drug-likeness (QED) is 0.180. The van der Waals surface area contributed by atoms with Crippen LogP contribution < -0.4 is 0 Å². The van der Waals surface area contributed by atoms with Gasteiger partial charge in [-0.2, -0.15) is 8.42 Å². The van der Waals surface area contributed by atoms with Crippen molar-refractivity contribution in [2.45, 2.75) is 89.1 Å². The summed E-state index contributed by atoms with van der Waals surface area (Å²) < 4.78 is 30.5. The third-order valence-electron chi connectivity index (χ3n) is 4.36. The number of benzene rings is 1. The SMILES string of the molecule is CCCCCCCC(CCCCC)OS(=O)(=O)c1ccc([N+](=O)[O-])cc1. The lowest BCUT2D eigenvalue weighted by Crippen LogP contribution is -2.19. The number of nitro benzene ring substituents is 1. The van der Waals surface area contributed by atoms with Crippen LogP contribution in [0.2, 0.25) is 0 Å². The Balaban J connectivity index is 2.70. The molecule has 0 N–H and O–H groups in total. The van der Waals surface area contributed by atoms with Crippen LogP contribution in [0.1, 0.15) is 78.1 Å². The maximum Gasteiger partial charge on any atom is 0.297 e. The standard InChI is InChI=1S/C19H31NO5S/c1-3-5-7-8-10-12-18(11-9-6-4-2)25-26(23,24)19-15-13-17(14-16-19)20(21)22/h13-16,18H,3-12H2,1-2H3. The molecule has 6 nitrogen and oxygen atoms in total. The first-order chi connectivity index (χ1) is 12.4. The first-order valence-corrected chi connectivity index (χ1v) is 11.0. The van der Waals surface area contributed by atoms with E-state index in [0.29, 0.717) is 6.42 Å². The van der Waals surface area contributed by atoms with Gasteiger partial charge in [0, 0.05) is 12.1 Å². The summed E-state index contributed by atoms with van der Waals surface area (Å²) in [5, 5.41) is 10.7. The number of nitrogens with zero attached hydrogens (tertiary/aromatic N) is 1. The van der Waals surface area contributed by atoms with Gasteiger partial charge in [0.15, 0.2) is 0 Å². The highest BCUT2D eigenvalue weighted by atomic mass is 32.2. The van der Waals surface area contributed by atoms with E-state index in [4.69, 9.17) is 4.18 Å². The molecule has 0 aliphatic rings. The Kier molecular flexibility index (Phi) is 10.4. The predicted octanol–water partition coefficient (Wildman–Crippen LogP) is 5.61. The monoisotopic (exact) mass is 385 g/mol. The highest BCUT2D eigenvalue weighted by molar-refractivity contribution is 7.86. The van der Waals surface area contributed by atoms with E-state index in [1.807, 2.05) is 0 Å². The molecule has 148 valence electrons. The minimum absolute atomic E-state index is 0.0328. The second-order valence-electron chi connectivity index (χ2n) is 6.62. The van der Waals surface area contributed by atoms with Gasteiger partial charge in [-0.1, -0.05) is 65.2 Å². The number of rotatable bonds is 14. The number of nitro groups is 1. The lowest BCUT2D eigenvalue weighted by atomic mass is 10.0. The van der Waals surface area contributed by atoms with Crippen LogP contribution in [0, 0.1) is 10.1 Å². The highest BCUT2D eigenvalue weighted by Gasteiger charge is 2.22. The Morgan fingerprint density at radius 1 is 0.923 bits per heavy atom. The fourth-order valence-electron chi connectivity index (χ4n) is 2.81. The normalized spacial score (nSPS) is 12.8. The second-order valence-corrected chi connectivity index (χ2v) is 8.19. The molecule has 7 heteroatoms. The molecule has 1 aromatic rings. The second kappa shape index (κ2) is 12.0. The Morgan fingerprint density at radius 3 is 1.96 bits per heavy atom. The topological polar surface area (TPSA) is 86.5 Å². The van der Waals surface area contributed by atoms with Crippen LogP contribution in [-0.2, 0) is 14.3 Å². The van der Waals surface area contributed by atoms with Crippen molar-refractivity contribution < 1.29 is 17.5 Å². The van der Waals surface area contributed by atoms with Gasteiger partial charge in [0.05, 0.1) is 15.9 Å². The summed E-state index contributed by atoms with van der Waals surface area (Å²) >= 11 is 0. The largest absolute Gasteiger partial charge is 0.297 e. The molecule has 1 aromatic carbocycles. The average Bonchev–Trinajstić information content (AvgIpc) is 2.61. The lowest BCUT2D eigenvalue weighted by molar-refractivity contribution is -0.384. The molecule has 0 fully saturated rings. The van der Waals surface area contributed by atoms with Gasteiger partial charge in [-0.3, -0.25) is 14.3 Å². The molecule has 0 spiro atoms. The fraction of sp³-hybridized carbons (Fsp3) is 0.684. The molecule has 0 radical (unpaired) electrons. The third kappa shape index (κ3) is 8.27. The molecule has 1 atom stereocenters. The van der Waals surface area contributed by atoms with Crippen LogP contribution in [0.3, 0.4) is 0 Å². The van der Waals surface area contributed by atoms with Gasteiger partial charge < -0.3 is 0 Å². The van der Waals surface area contributed by atoms with Crippen molar-refractivity contribution in [1.29, 1.82) is 0 Å². The summed E-state index contributed by atoms with van der Waals surface area (Å²) in [6.07, 6.45) is 9.72. The van der Waals surface area contributed by atoms with Crippen molar-refractivity contribution in [3.05, 3.63) is 34.4 Å². The average molecular weight is 386 g/mol. The van der Waals surface area contributed by atoms with Crippen molar-refractivity contribution in [1.82, 2.24) is 0 Å². The number of hydrogen-bond acceptors (Lipinski definition) is 5. The summed E-state index contributed by atoms with van der Waals surface area (Å²) in [5.74, 6) is 0. The molecule has 0 heterocycles. The Morgan fingerprint density at radius 2 is 1.42 bits per heavy atom. The maximum absolute atomic E-state index is 12.5. The van der Waals surface area contributed by atoms with Gasteiger partial charge in [0.2, 0.25) is 0 Å². The van der Waals surface area contributed by atoms with Gasteiger partial charge in [0.1, 0.15) is 0 Å². The first kappa shape index (κ1) is 22.6. The number of non-ortho nitro benzene ring substituents is 1. The van der Waals surface area contributed by atoms with E-state index in [1.54, 1.807) is 0 Å². The molecule has 0 aliphatic carbocycles. The van der Waals surface area contributed by atoms with E-state index in [2.05, 4.69) is 13.8 Å². The summed E-state index contributed by atoms with van der Waals surface area (Å²) in [6, 6.07) is 4.84. The molecule has 0 bridgehead atoms. The summed E-state index contributed by atoms with van der Waals surface area (Å²) in [4.78, 5) is 10.1. The molecule has 1 rings (SSSR count). The van der Waals surface area contributed by atoms with Crippen molar-refractivity contribution in [3.63, 3.8) is 0 Å². The zero-order chi connectivity index (χ0) is 19.4. The van der Waals surface area contributed by atoms with E-state index in [-0.39, 0.29) is 16.7 Å². The molecular weight excluding hydrogens is 354 g/mol. The van der Waals surface area contributed by atoms with Crippen LogP contribution in [0.15, 0.2) is 29.2 Å². The van der Waals surface area contributed by atoms with Gasteiger partial charge in [-0.15, -0.1) is 0 Å². The van der Waals surface area contributed by atoms with Crippen molar-refractivity contribution in [2.75, 3.05) is 0 Å². The van der Waals surface area contributed by atoms with Crippen molar-refractivity contribution in [2.24, 2.45) is 0 Å². The Hall–Kier alpha value is -1.47. The summed E-state index contributed by atoms with van der Waals surface area (Å²) in [5.41, 5.74) is -0.139.